The molecule has 0 saturated heterocycles. The SMILES string of the molecule is BrCc1sc(-c2ccncc2)nc1-c1ccccc1. The number of thiazole rings is 1. The third kappa shape index (κ3) is 2.60. The predicted molar refractivity (Wildman–Crippen MR) is 83.4 cm³/mol. The van der Waals surface area contributed by atoms with Gasteiger partial charge in [0.05, 0.1) is 5.69 Å². The molecule has 0 unspecified atom stereocenters. The minimum absolute atomic E-state index is 0.819. The lowest BCUT2D eigenvalue weighted by molar-refractivity contribution is 1.31. The van der Waals surface area contributed by atoms with Crippen molar-refractivity contribution in [3.05, 3.63) is 59.7 Å². The van der Waals surface area contributed by atoms with Crippen molar-refractivity contribution in [1.82, 2.24) is 9.97 Å². The normalized spacial score (nSPS) is 10.6. The van der Waals surface area contributed by atoms with Crippen LogP contribution in [0.4, 0.5) is 0 Å². The van der Waals surface area contributed by atoms with Gasteiger partial charge in [0.15, 0.2) is 0 Å². The molecule has 0 aliphatic rings. The molecule has 2 aromatic heterocycles. The summed E-state index contributed by atoms with van der Waals surface area (Å²) in [5.74, 6) is 0. The van der Waals surface area contributed by atoms with Gasteiger partial charge in [0.2, 0.25) is 0 Å². The number of rotatable bonds is 3. The van der Waals surface area contributed by atoms with E-state index in [1.165, 1.54) is 4.88 Å². The summed E-state index contributed by atoms with van der Waals surface area (Å²) in [7, 11) is 0. The summed E-state index contributed by atoms with van der Waals surface area (Å²) < 4.78 is 0. The fourth-order valence-electron chi connectivity index (χ4n) is 1.88. The molecule has 1 aromatic carbocycles. The summed E-state index contributed by atoms with van der Waals surface area (Å²) in [6.07, 6.45) is 3.60. The smallest absolute Gasteiger partial charge is 0.124 e. The number of benzene rings is 1. The van der Waals surface area contributed by atoms with Crippen LogP contribution in [0.3, 0.4) is 0 Å². The van der Waals surface area contributed by atoms with E-state index >= 15 is 0 Å². The molecule has 0 fully saturated rings. The van der Waals surface area contributed by atoms with Gasteiger partial charge >= 0.3 is 0 Å². The number of alkyl halides is 1. The second-order valence-electron chi connectivity index (χ2n) is 4.03. The number of hydrogen-bond acceptors (Lipinski definition) is 3. The highest BCUT2D eigenvalue weighted by atomic mass is 79.9. The molecule has 0 N–H and O–H groups in total. The van der Waals surface area contributed by atoms with Gasteiger partial charge in [-0.3, -0.25) is 4.98 Å². The van der Waals surface area contributed by atoms with Crippen molar-refractivity contribution in [1.29, 1.82) is 0 Å². The van der Waals surface area contributed by atoms with Gasteiger partial charge in [-0.05, 0) is 12.1 Å². The number of pyridine rings is 1. The number of nitrogens with zero attached hydrogens (tertiary/aromatic N) is 2. The topological polar surface area (TPSA) is 25.8 Å². The van der Waals surface area contributed by atoms with Crippen LogP contribution in [-0.4, -0.2) is 9.97 Å². The first kappa shape index (κ1) is 12.5. The highest BCUT2D eigenvalue weighted by molar-refractivity contribution is 9.08. The minimum Gasteiger partial charge on any atom is -0.265 e. The fourth-order valence-corrected chi connectivity index (χ4v) is 3.43. The summed E-state index contributed by atoms with van der Waals surface area (Å²) in [5, 5.41) is 1.86. The summed E-state index contributed by atoms with van der Waals surface area (Å²) in [4.78, 5) is 10.1. The molecule has 0 saturated carbocycles. The van der Waals surface area contributed by atoms with Gasteiger partial charge in [-0.1, -0.05) is 46.3 Å². The molecule has 94 valence electrons. The molecule has 0 bridgehead atoms. The van der Waals surface area contributed by atoms with Crippen LogP contribution >= 0.6 is 27.3 Å². The van der Waals surface area contributed by atoms with Gasteiger partial charge < -0.3 is 0 Å². The van der Waals surface area contributed by atoms with Crippen LogP contribution in [0.1, 0.15) is 4.88 Å². The Morgan fingerprint density at radius 2 is 1.68 bits per heavy atom. The van der Waals surface area contributed by atoms with E-state index in [-0.39, 0.29) is 0 Å². The number of aromatic nitrogens is 2. The van der Waals surface area contributed by atoms with Crippen LogP contribution < -0.4 is 0 Å². The molecule has 0 amide bonds. The Morgan fingerprint density at radius 3 is 2.37 bits per heavy atom. The first-order chi connectivity index (χ1) is 9.38. The Bertz CT molecular complexity index is 665. The monoisotopic (exact) mass is 330 g/mol. The van der Waals surface area contributed by atoms with E-state index in [9.17, 15) is 0 Å². The standard InChI is InChI=1S/C15H11BrN2S/c16-10-13-14(11-4-2-1-3-5-11)18-15(19-13)12-6-8-17-9-7-12/h1-9H,10H2. The van der Waals surface area contributed by atoms with Crippen LogP contribution in [0.2, 0.25) is 0 Å². The second-order valence-corrected chi connectivity index (χ2v) is 5.67. The lowest BCUT2D eigenvalue weighted by Crippen LogP contribution is -1.82. The van der Waals surface area contributed by atoms with Gasteiger partial charge in [-0.2, -0.15) is 0 Å². The van der Waals surface area contributed by atoms with Crippen LogP contribution in [-0.2, 0) is 5.33 Å². The maximum Gasteiger partial charge on any atom is 0.124 e. The van der Waals surface area contributed by atoms with E-state index in [1.54, 1.807) is 23.7 Å². The van der Waals surface area contributed by atoms with Crippen molar-refractivity contribution >= 4 is 27.3 Å². The Hall–Kier alpha value is -1.52. The quantitative estimate of drug-likeness (QED) is 0.646. The predicted octanol–water partition coefficient (Wildman–Crippen LogP) is 4.77. The molecule has 2 heterocycles. The summed E-state index contributed by atoms with van der Waals surface area (Å²) >= 11 is 5.27. The van der Waals surface area contributed by atoms with Gasteiger partial charge in [-0.15, -0.1) is 11.3 Å². The van der Waals surface area contributed by atoms with Crippen molar-refractivity contribution in [3.63, 3.8) is 0 Å². The van der Waals surface area contributed by atoms with Crippen molar-refractivity contribution < 1.29 is 0 Å². The van der Waals surface area contributed by atoms with Crippen LogP contribution in [0, 0.1) is 0 Å². The van der Waals surface area contributed by atoms with Gasteiger partial charge in [0.1, 0.15) is 5.01 Å². The first-order valence-corrected chi connectivity index (χ1v) is 7.84. The maximum absolute atomic E-state index is 4.78. The van der Waals surface area contributed by atoms with E-state index in [0.29, 0.717) is 0 Å². The Balaban J connectivity index is 2.09. The molecule has 0 radical (unpaired) electrons. The van der Waals surface area contributed by atoms with Crippen molar-refractivity contribution in [2.75, 3.05) is 0 Å². The molecule has 3 rings (SSSR count). The molecule has 0 spiro atoms. The van der Waals surface area contributed by atoms with Crippen LogP contribution in [0.25, 0.3) is 21.8 Å². The number of hydrogen-bond donors (Lipinski definition) is 0. The summed E-state index contributed by atoms with van der Waals surface area (Å²) in [6.45, 7) is 0. The number of halogens is 1. The zero-order valence-corrected chi connectivity index (χ0v) is 12.5. The van der Waals surface area contributed by atoms with E-state index in [4.69, 9.17) is 4.98 Å². The third-order valence-corrected chi connectivity index (χ3v) is 4.83. The largest absolute Gasteiger partial charge is 0.265 e. The maximum atomic E-state index is 4.78. The molecule has 0 atom stereocenters. The molecule has 0 aliphatic carbocycles. The van der Waals surface area contributed by atoms with E-state index in [1.807, 2.05) is 30.3 Å². The minimum atomic E-state index is 0.819. The average Bonchev–Trinajstić information content (AvgIpc) is 2.93. The Morgan fingerprint density at radius 1 is 0.947 bits per heavy atom. The van der Waals surface area contributed by atoms with Crippen LogP contribution in [0.15, 0.2) is 54.9 Å². The van der Waals surface area contributed by atoms with Gasteiger partial charge in [-0.25, -0.2) is 4.98 Å². The zero-order chi connectivity index (χ0) is 13.1. The molecule has 3 aromatic rings. The Labute approximate surface area is 124 Å². The van der Waals surface area contributed by atoms with Crippen molar-refractivity contribution in [2.24, 2.45) is 0 Å². The molecule has 19 heavy (non-hydrogen) atoms. The van der Waals surface area contributed by atoms with E-state index in [2.05, 4.69) is 33.0 Å². The second kappa shape index (κ2) is 5.63. The fraction of sp³-hybridized carbons (Fsp3) is 0.0667. The molecular weight excluding hydrogens is 320 g/mol. The third-order valence-electron chi connectivity index (χ3n) is 2.79. The highest BCUT2D eigenvalue weighted by Crippen LogP contribution is 2.34. The van der Waals surface area contributed by atoms with Gasteiger partial charge in [0.25, 0.3) is 0 Å². The van der Waals surface area contributed by atoms with E-state index in [0.717, 1.165) is 27.2 Å². The van der Waals surface area contributed by atoms with Crippen molar-refractivity contribution in [2.45, 2.75) is 5.33 Å². The van der Waals surface area contributed by atoms with Gasteiger partial charge in [0, 0.05) is 33.7 Å². The molecule has 2 nitrogen and oxygen atoms in total. The average molecular weight is 331 g/mol. The highest BCUT2D eigenvalue weighted by Gasteiger charge is 2.12. The zero-order valence-electron chi connectivity index (χ0n) is 10.1. The van der Waals surface area contributed by atoms with Crippen molar-refractivity contribution in [3.8, 4) is 21.8 Å². The molecular formula is C15H11BrN2S. The van der Waals surface area contributed by atoms with E-state index < -0.39 is 0 Å². The molecule has 4 heteroatoms. The summed E-state index contributed by atoms with van der Waals surface area (Å²) in [5.41, 5.74) is 3.34. The molecule has 0 aliphatic heterocycles. The first-order valence-electron chi connectivity index (χ1n) is 5.90. The Kier molecular flexibility index (Phi) is 3.71. The lowest BCUT2D eigenvalue weighted by Gasteiger charge is -1.98. The lowest BCUT2D eigenvalue weighted by atomic mass is 10.1. The summed E-state index contributed by atoms with van der Waals surface area (Å²) in [6, 6.07) is 14.3. The van der Waals surface area contributed by atoms with Crippen LogP contribution in [0.5, 0.6) is 0 Å².